The minimum atomic E-state index is -3.71. The van der Waals surface area contributed by atoms with Crippen LogP contribution in [0.3, 0.4) is 0 Å². The Morgan fingerprint density at radius 3 is 2.03 bits per heavy atom. The first-order valence-corrected chi connectivity index (χ1v) is 13.9. The molecule has 4 rings (SSSR count). The molecule has 1 aromatic carbocycles. The molecule has 0 saturated carbocycles. The van der Waals surface area contributed by atoms with Crippen LogP contribution < -0.4 is 4.90 Å². The minimum Gasteiger partial charge on any atom is -0.338 e. The van der Waals surface area contributed by atoms with Gasteiger partial charge in [0, 0.05) is 51.2 Å². The molecule has 9 nitrogen and oxygen atoms in total. The maximum atomic E-state index is 13.1. The molecule has 11 heteroatoms. The molecule has 0 spiro atoms. The minimum absolute atomic E-state index is 0.00190. The highest BCUT2D eigenvalue weighted by Crippen LogP contribution is 2.28. The summed E-state index contributed by atoms with van der Waals surface area (Å²) < 4.78 is 55.5. The third-order valence-electron chi connectivity index (χ3n) is 6.19. The van der Waals surface area contributed by atoms with Crippen LogP contribution in [-0.2, 0) is 20.0 Å². The summed E-state index contributed by atoms with van der Waals surface area (Å²) in [5.74, 6) is 0.585. The highest BCUT2D eigenvalue weighted by atomic mass is 32.2. The second-order valence-corrected chi connectivity index (χ2v) is 11.9. The lowest BCUT2D eigenvalue weighted by Crippen LogP contribution is -2.49. The van der Waals surface area contributed by atoms with Gasteiger partial charge in [0.25, 0.3) is 0 Å². The lowest BCUT2D eigenvalue weighted by molar-refractivity contribution is 0.246. The zero-order chi connectivity index (χ0) is 22.8. The van der Waals surface area contributed by atoms with Crippen molar-refractivity contribution in [3.8, 4) is 0 Å². The van der Waals surface area contributed by atoms with Gasteiger partial charge in [-0.15, -0.1) is 0 Å². The van der Waals surface area contributed by atoms with Gasteiger partial charge >= 0.3 is 0 Å². The Hall–Kier alpha value is -2.08. The van der Waals surface area contributed by atoms with Gasteiger partial charge in [0.1, 0.15) is 0 Å². The monoisotopic (exact) mass is 479 g/mol. The van der Waals surface area contributed by atoms with Gasteiger partial charge in [-0.05, 0) is 49.6 Å². The van der Waals surface area contributed by atoms with Gasteiger partial charge in [-0.2, -0.15) is 8.61 Å². The predicted octanol–water partition coefficient (Wildman–Crippen LogP) is 1.94. The fourth-order valence-electron chi connectivity index (χ4n) is 4.35. The Morgan fingerprint density at radius 2 is 1.44 bits per heavy atom. The molecule has 0 bridgehead atoms. The smallest absolute Gasteiger partial charge is 0.243 e. The molecule has 2 saturated heterocycles. The summed E-state index contributed by atoms with van der Waals surface area (Å²) in [5, 5.41) is 0. The van der Waals surface area contributed by atoms with Gasteiger partial charge in [0.05, 0.1) is 9.79 Å². The molecule has 0 aliphatic carbocycles. The molecule has 1 unspecified atom stereocenters. The van der Waals surface area contributed by atoms with Crippen LogP contribution in [0.4, 0.5) is 5.95 Å². The highest BCUT2D eigenvalue weighted by Gasteiger charge is 2.33. The van der Waals surface area contributed by atoms with E-state index in [-0.39, 0.29) is 15.8 Å². The number of hydrogen-bond acceptors (Lipinski definition) is 7. The van der Waals surface area contributed by atoms with E-state index in [2.05, 4.69) is 9.97 Å². The number of piperazine rings is 1. The molecule has 2 aromatic rings. The number of anilines is 1. The van der Waals surface area contributed by atoms with Crippen molar-refractivity contribution < 1.29 is 16.8 Å². The maximum Gasteiger partial charge on any atom is 0.243 e. The number of aromatic nitrogens is 2. The summed E-state index contributed by atoms with van der Waals surface area (Å²) >= 11 is 0. The highest BCUT2D eigenvalue weighted by molar-refractivity contribution is 7.89. The predicted molar refractivity (Wildman–Crippen MR) is 121 cm³/mol. The van der Waals surface area contributed by atoms with Crippen molar-refractivity contribution >= 4 is 26.0 Å². The number of rotatable bonds is 6. The molecule has 0 N–H and O–H groups in total. The van der Waals surface area contributed by atoms with Crippen LogP contribution >= 0.6 is 0 Å². The molecular formula is C21H29N5O4S2. The lowest BCUT2D eigenvalue weighted by atomic mass is 10.0. The first kappa shape index (κ1) is 23.1. The standard InChI is InChI=1S/C21H29N5O4S2/c1-2-18-6-3-4-13-26(18)32(29,30)20-9-7-19(8-10-20)31(27,28)25-16-14-24(15-17-25)21-22-11-5-12-23-21/h5,7-12,18H,2-4,6,13-17H2,1H3. The molecule has 1 atom stereocenters. The molecular weight excluding hydrogens is 450 g/mol. The number of nitrogens with zero attached hydrogens (tertiary/aromatic N) is 5. The summed E-state index contributed by atoms with van der Waals surface area (Å²) in [7, 11) is -7.36. The molecule has 2 aliphatic heterocycles. The van der Waals surface area contributed by atoms with Crippen molar-refractivity contribution in [1.29, 1.82) is 0 Å². The van der Waals surface area contributed by atoms with Crippen molar-refractivity contribution in [2.45, 2.75) is 48.4 Å². The quantitative estimate of drug-likeness (QED) is 0.624. The second-order valence-electron chi connectivity index (χ2n) is 8.08. The molecule has 0 radical (unpaired) electrons. The first-order chi connectivity index (χ1) is 15.3. The lowest BCUT2D eigenvalue weighted by Gasteiger charge is -2.34. The van der Waals surface area contributed by atoms with E-state index >= 15 is 0 Å². The summed E-state index contributed by atoms with van der Waals surface area (Å²) in [4.78, 5) is 10.6. The van der Waals surface area contributed by atoms with Crippen LogP contribution in [-0.4, -0.2) is 74.2 Å². The van der Waals surface area contributed by atoms with Crippen LogP contribution in [0, 0.1) is 0 Å². The van der Waals surface area contributed by atoms with Gasteiger partial charge in [-0.25, -0.2) is 26.8 Å². The van der Waals surface area contributed by atoms with E-state index in [1.807, 2.05) is 11.8 Å². The van der Waals surface area contributed by atoms with E-state index in [1.54, 1.807) is 22.8 Å². The van der Waals surface area contributed by atoms with Crippen molar-refractivity contribution in [3.05, 3.63) is 42.7 Å². The SMILES string of the molecule is CCC1CCCCN1S(=O)(=O)c1ccc(S(=O)(=O)N2CCN(c3ncccn3)CC2)cc1. The largest absolute Gasteiger partial charge is 0.338 e. The summed E-state index contributed by atoms with van der Waals surface area (Å²) in [6, 6.07) is 7.37. The van der Waals surface area contributed by atoms with Crippen LogP contribution in [0.1, 0.15) is 32.6 Å². The molecule has 0 amide bonds. The fraction of sp³-hybridized carbons (Fsp3) is 0.524. The van der Waals surface area contributed by atoms with Crippen molar-refractivity contribution in [2.24, 2.45) is 0 Å². The van der Waals surface area contributed by atoms with Gasteiger partial charge in [-0.3, -0.25) is 0 Å². The van der Waals surface area contributed by atoms with Crippen LogP contribution in [0.5, 0.6) is 0 Å². The molecule has 2 fully saturated rings. The molecule has 3 heterocycles. The van der Waals surface area contributed by atoms with Crippen LogP contribution in [0.25, 0.3) is 0 Å². The van der Waals surface area contributed by atoms with E-state index < -0.39 is 20.0 Å². The Morgan fingerprint density at radius 1 is 0.844 bits per heavy atom. The number of sulfonamides is 2. The van der Waals surface area contributed by atoms with Crippen LogP contribution in [0.15, 0.2) is 52.5 Å². The number of hydrogen-bond donors (Lipinski definition) is 0. The Balaban J connectivity index is 1.47. The zero-order valence-electron chi connectivity index (χ0n) is 18.2. The van der Waals surface area contributed by atoms with Gasteiger partial charge in [0.2, 0.25) is 26.0 Å². The van der Waals surface area contributed by atoms with E-state index in [1.165, 1.54) is 28.6 Å². The van der Waals surface area contributed by atoms with Crippen molar-refractivity contribution in [1.82, 2.24) is 18.6 Å². The second kappa shape index (κ2) is 9.42. The summed E-state index contributed by atoms with van der Waals surface area (Å²) in [6.45, 7) is 4.11. The van der Waals surface area contributed by atoms with E-state index in [9.17, 15) is 16.8 Å². The molecule has 1 aromatic heterocycles. The fourth-order valence-corrected chi connectivity index (χ4v) is 7.54. The van der Waals surface area contributed by atoms with Crippen LogP contribution in [0.2, 0.25) is 0 Å². The average Bonchev–Trinajstić information content (AvgIpc) is 2.84. The molecule has 174 valence electrons. The maximum absolute atomic E-state index is 13.1. The molecule has 32 heavy (non-hydrogen) atoms. The third kappa shape index (κ3) is 4.52. The van der Waals surface area contributed by atoms with Crippen molar-refractivity contribution in [2.75, 3.05) is 37.6 Å². The van der Waals surface area contributed by atoms with Gasteiger partial charge < -0.3 is 4.90 Å². The summed E-state index contributed by atoms with van der Waals surface area (Å²) in [5.41, 5.74) is 0. The first-order valence-electron chi connectivity index (χ1n) is 11.0. The number of benzene rings is 1. The normalized spacial score (nSPS) is 21.5. The average molecular weight is 480 g/mol. The topological polar surface area (TPSA) is 104 Å². The third-order valence-corrected chi connectivity index (χ3v) is 10.1. The zero-order valence-corrected chi connectivity index (χ0v) is 19.8. The van der Waals surface area contributed by atoms with Crippen molar-refractivity contribution in [3.63, 3.8) is 0 Å². The number of piperidine rings is 1. The molecule has 2 aliphatic rings. The Kier molecular flexibility index (Phi) is 6.80. The van der Waals surface area contributed by atoms with E-state index in [4.69, 9.17) is 0 Å². The Bertz CT molecular complexity index is 1120. The summed E-state index contributed by atoms with van der Waals surface area (Å²) in [6.07, 6.45) is 6.84. The van der Waals surface area contributed by atoms with Gasteiger partial charge in [0.15, 0.2) is 0 Å². The van der Waals surface area contributed by atoms with E-state index in [0.29, 0.717) is 38.7 Å². The Labute approximate surface area is 190 Å². The van der Waals surface area contributed by atoms with E-state index in [0.717, 1.165) is 25.7 Å². The van der Waals surface area contributed by atoms with Gasteiger partial charge in [-0.1, -0.05) is 13.3 Å².